The highest BCUT2D eigenvalue weighted by molar-refractivity contribution is 5.84. The molecule has 0 aromatic carbocycles. The van der Waals surface area contributed by atoms with Crippen molar-refractivity contribution in [3.05, 3.63) is 18.5 Å². The average Bonchev–Trinajstić information content (AvgIpc) is 3.33. The van der Waals surface area contributed by atoms with Crippen molar-refractivity contribution in [2.24, 2.45) is 40.9 Å². The van der Waals surface area contributed by atoms with E-state index in [9.17, 15) is 9.90 Å². The largest absolute Gasteiger partial charge is 0.390 e. The third-order valence-corrected chi connectivity index (χ3v) is 10.2. The Balaban J connectivity index is 1.20. The number of aliphatic hydroxyl groups is 1. The van der Waals surface area contributed by atoms with Crippen LogP contribution >= 0.6 is 0 Å². The van der Waals surface area contributed by atoms with Crippen molar-refractivity contribution in [1.82, 2.24) is 20.0 Å². The highest BCUT2D eigenvalue weighted by atomic mass is 16.3. The van der Waals surface area contributed by atoms with Crippen LogP contribution in [-0.2, 0) is 11.3 Å². The van der Waals surface area contributed by atoms with Gasteiger partial charge >= 0.3 is 0 Å². The summed E-state index contributed by atoms with van der Waals surface area (Å²) in [6, 6.07) is 1.90. The molecule has 6 nitrogen and oxygen atoms in total. The fourth-order valence-corrected chi connectivity index (χ4v) is 8.81. The van der Waals surface area contributed by atoms with E-state index in [0.29, 0.717) is 24.2 Å². The van der Waals surface area contributed by atoms with Gasteiger partial charge in [0.25, 0.3) is 0 Å². The van der Waals surface area contributed by atoms with Crippen molar-refractivity contribution in [3.63, 3.8) is 0 Å². The van der Waals surface area contributed by atoms with Gasteiger partial charge in [-0.2, -0.15) is 0 Å². The van der Waals surface area contributed by atoms with E-state index in [1.807, 2.05) is 13.0 Å². The first kappa shape index (κ1) is 20.8. The van der Waals surface area contributed by atoms with E-state index >= 15 is 0 Å². The van der Waals surface area contributed by atoms with Gasteiger partial charge in [0.05, 0.1) is 17.3 Å². The van der Waals surface area contributed by atoms with Crippen LogP contribution in [-0.4, -0.2) is 36.5 Å². The number of rotatable bonds is 3. The first-order valence-electron chi connectivity index (χ1n) is 12.7. The molecule has 0 amide bonds. The molecule has 2 heterocycles. The fraction of sp³-hybridized carbons (Fsp3) is 0.769. The molecule has 0 radical (unpaired) electrons. The minimum absolute atomic E-state index is 0.128. The van der Waals surface area contributed by atoms with Gasteiger partial charge in [0.2, 0.25) is 0 Å². The minimum Gasteiger partial charge on any atom is -0.390 e. The van der Waals surface area contributed by atoms with Crippen LogP contribution in [0.5, 0.6) is 0 Å². The van der Waals surface area contributed by atoms with Crippen LogP contribution in [0, 0.1) is 40.9 Å². The Hall–Kier alpha value is -1.82. The standard InChI is InChI=1S/C26H36N4O2/c1-25(32)10-7-17-16(13-25)3-4-19-18(17)8-11-26(2)20(19)5-6-21(26)24(31)15-30-23-9-12-27-14-22(23)28-29-30/h9,12,14,16-21,32H,3-8,10-11,13,15H2,1-2H3/t16-,17-,18+,19+,20-,21+,25+,26-/m0/s1. The maximum atomic E-state index is 13.5. The lowest BCUT2D eigenvalue weighted by Gasteiger charge is -2.56. The smallest absolute Gasteiger partial charge is 0.157 e. The summed E-state index contributed by atoms with van der Waals surface area (Å²) in [6.07, 6.45) is 13.8. The number of hydrogen-bond donors (Lipinski definition) is 1. The van der Waals surface area contributed by atoms with E-state index in [-0.39, 0.29) is 11.3 Å². The number of carbonyl (C=O) groups excluding carboxylic acids is 1. The first-order valence-corrected chi connectivity index (χ1v) is 12.7. The monoisotopic (exact) mass is 436 g/mol. The van der Waals surface area contributed by atoms with Crippen LogP contribution in [0.3, 0.4) is 0 Å². The molecule has 2 aromatic heterocycles. The van der Waals surface area contributed by atoms with Gasteiger partial charge in [-0.05, 0) is 106 Å². The van der Waals surface area contributed by atoms with Gasteiger partial charge in [-0.3, -0.25) is 9.78 Å². The predicted octanol–water partition coefficient (Wildman–Crippen LogP) is 4.42. The zero-order valence-corrected chi connectivity index (χ0v) is 19.4. The summed E-state index contributed by atoms with van der Waals surface area (Å²) in [4.78, 5) is 17.7. The Morgan fingerprint density at radius 2 is 1.94 bits per heavy atom. The van der Waals surface area contributed by atoms with Gasteiger partial charge in [0.15, 0.2) is 5.78 Å². The zero-order valence-electron chi connectivity index (χ0n) is 19.4. The Bertz CT molecular complexity index is 1030. The Labute approximate surface area is 190 Å². The molecule has 6 heteroatoms. The minimum atomic E-state index is -0.455. The van der Waals surface area contributed by atoms with E-state index < -0.39 is 5.60 Å². The second kappa shape index (κ2) is 7.34. The molecule has 0 bridgehead atoms. The van der Waals surface area contributed by atoms with Gasteiger partial charge < -0.3 is 5.11 Å². The summed E-state index contributed by atoms with van der Waals surface area (Å²) in [5, 5.41) is 19.0. The summed E-state index contributed by atoms with van der Waals surface area (Å²) in [6.45, 7) is 4.78. The lowest BCUT2D eigenvalue weighted by atomic mass is 9.49. The normalized spacial score (nSPS) is 43.5. The zero-order chi connectivity index (χ0) is 22.1. The van der Waals surface area contributed by atoms with Crippen molar-refractivity contribution in [2.45, 2.75) is 83.8 Å². The van der Waals surface area contributed by atoms with E-state index in [0.717, 1.165) is 48.0 Å². The average molecular weight is 437 g/mol. The molecule has 4 aliphatic rings. The van der Waals surface area contributed by atoms with E-state index in [2.05, 4.69) is 22.2 Å². The van der Waals surface area contributed by atoms with Crippen LogP contribution in [0.2, 0.25) is 0 Å². The lowest BCUT2D eigenvalue weighted by Crippen LogP contribution is -2.51. The van der Waals surface area contributed by atoms with E-state index in [4.69, 9.17) is 0 Å². The summed E-state index contributed by atoms with van der Waals surface area (Å²) in [5.74, 6) is 4.23. The van der Waals surface area contributed by atoms with Crippen LogP contribution < -0.4 is 0 Å². The summed E-state index contributed by atoms with van der Waals surface area (Å²) in [5.41, 5.74) is 1.31. The number of fused-ring (bicyclic) bond motifs is 6. The van der Waals surface area contributed by atoms with Crippen LogP contribution in [0.15, 0.2) is 18.5 Å². The van der Waals surface area contributed by atoms with Gasteiger partial charge in [0, 0.05) is 12.1 Å². The topological polar surface area (TPSA) is 80.9 Å². The van der Waals surface area contributed by atoms with Crippen molar-refractivity contribution in [3.8, 4) is 0 Å². The molecular formula is C26H36N4O2. The Morgan fingerprint density at radius 1 is 1.09 bits per heavy atom. The highest BCUT2D eigenvalue weighted by Crippen LogP contribution is 2.64. The molecule has 172 valence electrons. The molecule has 0 spiro atoms. The van der Waals surface area contributed by atoms with Crippen molar-refractivity contribution >= 4 is 16.8 Å². The number of ketones is 1. The van der Waals surface area contributed by atoms with Crippen molar-refractivity contribution in [1.29, 1.82) is 0 Å². The molecular weight excluding hydrogens is 400 g/mol. The quantitative estimate of drug-likeness (QED) is 0.771. The molecule has 6 rings (SSSR count). The van der Waals surface area contributed by atoms with Crippen molar-refractivity contribution in [2.75, 3.05) is 0 Å². The highest BCUT2D eigenvalue weighted by Gasteiger charge is 2.58. The van der Waals surface area contributed by atoms with Gasteiger partial charge in [0.1, 0.15) is 12.1 Å². The Morgan fingerprint density at radius 3 is 2.81 bits per heavy atom. The van der Waals surface area contributed by atoms with E-state index in [1.165, 1.54) is 38.5 Å². The summed E-state index contributed by atoms with van der Waals surface area (Å²) >= 11 is 0. The number of carbonyl (C=O) groups is 1. The molecule has 0 aliphatic heterocycles. The second-order valence-electron chi connectivity index (χ2n) is 11.9. The van der Waals surface area contributed by atoms with Gasteiger partial charge in [-0.15, -0.1) is 5.10 Å². The lowest BCUT2D eigenvalue weighted by molar-refractivity contribution is -0.133. The molecule has 8 atom stereocenters. The number of aromatic nitrogens is 4. The third-order valence-electron chi connectivity index (χ3n) is 10.2. The fourth-order valence-electron chi connectivity index (χ4n) is 8.81. The number of nitrogens with zero attached hydrogens (tertiary/aromatic N) is 4. The maximum absolute atomic E-state index is 13.5. The maximum Gasteiger partial charge on any atom is 0.157 e. The third kappa shape index (κ3) is 3.16. The molecule has 0 saturated heterocycles. The molecule has 2 aromatic rings. The van der Waals surface area contributed by atoms with Gasteiger partial charge in [-0.1, -0.05) is 12.1 Å². The predicted molar refractivity (Wildman–Crippen MR) is 122 cm³/mol. The van der Waals surface area contributed by atoms with Crippen LogP contribution in [0.1, 0.15) is 71.6 Å². The second-order valence-corrected chi connectivity index (χ2v) is 11.9. The summed E-state index contributed by atoms with van der Waals surface area (Å²) in [7, 11) is 0. The molecule has 4 aliphatic carbocycles. The molecule has 1 N–H and O–H groups in total. The molecule has 32 heavy (non-hydrogen) atoms. The molecule has 4 saturated carbocycles. The molecule has 0 unspecified atom stereocenters. The number of Topliss-reactive ketones (excluding diaryl/α,β-unsaturated/α-hetero) is 1. The first-order chi connectivity index (χ1) is 15.4. The Kier molecular flexibility index (Phi) is 4.76. The molecule has 4 fully saturated rings. The van der Waals surface area contributed by atoms with Gasteiger partial charge in [-0.25, -0.2) is 4.68 Å². The SMILES string of the molecule is C[C@@]1(O)CC[C@H]2[C@@H](CC[C@@H]3[C@@H]2CC[C@]2(C)[C@@H](C(=O)Cn4nnc5cnccc54)CC[C@@H]32)C1. The number of pyridine rings is 1. The number of hydrogen-bond acceptors (Lipinski definition) is 5. The van der Waals surface area contributed by atoms with Crippen LogP contribution in [0.4, 0.5) is 0 Å². The summed E-state index contributed by atoms with van der Waals surface area (Å²) < 4.78 is 1.76. The van der Waals surface area contributed by atoms with Crippen molar-refractivity contribution < 1.29 is 9.90 Å². The van der Waals surface area contributed by atoms with E-state index in [1.54, 1.807) is 17.1 Å². The van der Waals surface area contributed by atoms with Crippen LogP contribution in [0.25, 0.3) is 11.0 Å².